The summed E-state index contributed by atoms with van der Waals surface area (Å²) in [7, 11) is 0. The molecule has 2 aliphatic heterocycles. The molecular formula is C26H25N5O3. The van der Waals surface area contributed by atoms with Crippen molar-refractivity contribution < 1.29 is 14.3 Å². The van der Waals surface area contributed by atoms with Crippen LogP contribution in [0.3, 0.4) is 0 Å². The van der Waals surface area contributed by atoms with Gasteiger partial charge in [-0.25, -0.2) is 14.8 Å². The van der Waals surface area contributed by atoms with Crippen molar-refractivity contribution in [1.29, 1.82) is 0 Å². The third-order valence-electron chi connectivity index (χ3n) is 6.44. The number of H-pyrrole nitrogens is 1. The molecule has 172 valence electrons. The number of benzene rings is 2. The van der Waals surface area contributed by atoms with E-state index in [-0.39, 0.29) is 12.0 Å². The fourth-order valence-electron chi connectivity index (χ4n) is 4.83. The van der Waals surface area contributed by atoms with Gasteiger partial charge in [0, 0.05) is 41.4 Å². The Bertz CT molecular complexity index is 1370. The van der Waals surface area contributed by atoms with Crippen molar-refractivity contribution in [2.24, 2.45) is 0 Å². The van der Waals surface area contributed by atoms with Crippen molar-refractivity contribution in [3.63, 3.8) is 0 Å². The van der Waals surface area contributed by atoms with E-state index >= 15 is 0 Å². The van der Waals surface area contributed by atoms with E-state index in [1.165, 1.54) is 0 Å². The van der Waals surface area contributed by atoms with Gasteiger partial charge in [0.05, 0.1) is 37.6 Å². The van der Waals surface area contributed by atoms with Gasteiger partial charge < -0.3 is 24.3 Å². The molecule has 34 heavy (non-hydrogen) atoms. The van der Waals surface area contributed by atoms with Gasteiger partial charge in [-0.2, -0.15) is 0 Å². The zero-order valence-corrected chi connectivity index (χ0v) is 18.9. The SMILES string of the molecule is CCOC(=O)c1cccc(N2CC3COCCN3c3nc(-c4cccc5[nH]ccc45)ncc32)c1. The van der Waals surface area contributed by atoms with Crippen molar-refractivity contribution in [3.05, 3.63) is 66.5 Å². The third-order valence-corrected chi connectivity index (χ3v) is 6.44. The standard InChI is InChI=1S/C26H25N5O3/c1-2-34-26(32)17-5-3-6-18(13-17)31-15-19-16-33-12-11-30(19)25-23(31)14-28-24(29-25)21-7-4-8-22-20(21)9-10-27-22/h3-10,13-14,19,27H,2,11-12,15-16H2,1H3. The Morgan fingerprint density at radius 3 is 3.06 bits per heavy atom. The number of nitrogens with zero attached hydrogens (tertiary/aromatic N) is 4. The molecule has 4 heterocycles. The average molecular weight is 456 g/mol. The molecule has 1 saturated heterocycles. The lowest BCUT2D eigenvalue weighted by atomic mass is 10.1. The molecule has 6 rings (SSSR count). The largest absolute Gasteiger partial charge is 0.462 e. The molecule has 0 bridgehead atoms. The van der Waals surface area contributed by atoms with Crippen molar-refractivity contribution in [1.82, 2.24) is 15.0 Å². The number of fused-ring (bicyclic) bond motifs is 4. The van der Waals surface area contributed by atoms with Gasteiger partial charge in [-0.3, -0.25) is 0 Å². The van der Waals surface area contributed by atoms with E-state index in [0.717, 1.165) is 46.7 Å². The number of ether oxygens (including phenoxy) is 2. The smallest absolute Gasteiger partial charge is 0.338 e. The van der Waals surface area contributed by atoms with Crippen LogP contribution in [0.15, 0.2) is 60.9 Å². The van der Waals surface area contributed by atoms with Crippen LogP contribution in [0.25, 0.3) is 22.3 Å². The number of rotatable bonds is 4. The van der Waals surface area contributed by atoms with Crippen LogP contribution in [0, 0.1) is 0 Å². The first-order chi connectivity index (χ1) is 16.7. The Kier molecular flexibility index (Phi) is 5.15. The van der Waals surface area contributed by atoms with E-state index in [4.69, 9.17) is 19.4 Å². The molecule has 1 N–H and O–H groups in total. The highest BCUT2D eigenvalue weighted by molar-refractivity contribution is 5.94. The number of nitrogens with one attached hydrogen (secondary N) is 1. The van der Waals surface area contributed by atoms with E-state index in [0.29, 0.717) is 31.2 Å². The number of aromatic amines is 1. The summed E-state index contributed by atoms with van der Waals surface area (Å²) < 4.78 is 11.0. The van der Waals surface area contributed by atoms with Crippen LogP contribution < -0.4 is 9.80 Å². The topological polar surface area (TPSA) is 83.6 Å². The molecule has 0 radical (unpaired) electrons. The summed E-state index contributed by atoms with van der Waals surface area (Å²) >= 11 is 0. The maximum absolute atomic E-state index is 12.3. The molecule has 1 unspecified atom stereocenters. The number of hydrogen-bond acceptors (Lipinski definition) is 7. The number of carbonyl (C=O) groups excluding carboxylic acids is 1. The molecule has 2 aromatic carbocycles. The summed E-state index contributed by atoms with van der Waals surface area (Å²) in [6, 6.07) is 15.9. The van der Waals surface area contributed by atoms with Gasteiger partial charge in [0.15, 0.2) is 11.6 Å². The average Bonchev–Trinajstić information content (AvgIpc) is 3.37. The summed E-state index contributed by atoms with van der Waals surface area (Å²) in [5.74, 6) is 1.25. The van der Waals surface area contributed by atoms with Gasteiger partial charge in [0.25, 0.3) is 0 Å². The normalized spacial score (nSPS) is 17.4. The maximum Gasteiger partial charge on any atom is 0.338 e. The highest BCUT2D eigenvalue weighted by Crippen LogP contribution is 2.40. The highest BCUT2D eigenvalue weighted by Gasteiger charge is 2.35. The minimum absolute atomic E-state index is 0.151. The van der Waals surface area contributed by atoms with Gasteiger partial charge in [0.2, 0.25) is 0 Å². The molecule has 0 saturated carbocycles. The molecule has 8 nitrogen and oxygen atoms in total. The number of esters is 1. The lowest BCUT2D eigenvalue weighted by Gasteiger charge is -2.45. The molecular weight excluding hydrogens is 430 g/mol. The van der Waals surface area contributed by atoms with Crippen molar-refractivity contribution >= 4 is 34.1 Å². The number of hydrogen-bond donors (Lipinski definition) is 1. The van der Waals surface area contributed by atoms with Gasteiger partial charge in [-0.15, -0.1) is 0 Å². The van der Waals surface area contributed by atoms with E-state index < -0.39 is 0 Å². The monoisotopic (exact) mass is 455 g/mol. The van der Waals surface area contributed by atoms with Crippen LogP contribution >= 0.6 is 0 Å². The Hall–Kier alpha value is -3.91. The van der Waals surface area contributed by atoms with E-state index in [1.54, 1.807) is 6.07 Å². The summed E-state index contributed by atoms with van der Waals surface area (Å²) in [6.07, 6.45) is 3.83. The van der Waals surface area contributed by atoms with Gasteiger partial charge in [-0.05, 0) is 37.3 Å². The Balaban J connectivity index is 1.46. The lowest BCUT2D eigenvalue weighted by molar-refractivity contribution is 0.0526. The van der Waals surface area contributed by atoms with Crippen LogP contribution in [-0.4, -0.2) is 59.9 Å². The number of morpholine rings is 1. The van der Waals surface area contributed by atoms with Crippen LogP contribution in [0.1, 0.15) is 17.3 Å². The fraction of sp³-hybridized carbons (Fsp3) is 0.269. The third kappa shape index (κ3) is 3.47. The van der Waals surface area contributed by atoms with E-state index in [1.807, 2.05) is 49.6 Å². The predicted molar refractivity (Wildman–Crippen MR) is 131 cm³/mol. The first-order valence-electron chi connectivity index (χ1n) is 11.6. The summed E-state index contributed by atoms with van der Waals surface area (Å²) in [5, 5.41) is 1.09. The second-order valence-corrected chi connectivity index (χ2v) is 8.45. The highest BCUT2D eigenvalue weighted by atomic mass is 16.5. The quantitative estimate of drug-likeness (QED) is 0.463. The van der Waals surface area contributed by atoms with Gasteiger partial charge in [-0.1, -0.05) is 18.2 Å². The molecule has 1 atom stereocenters. The minimum atomic E-state index is -0.324. The molecule has 0 amide bonds. The van der Waals surface area contributed by atoms with Crippen LogP contribution in [-0.2, 0) is 9.47 Å². The predicted octanol–water partition coefficient (Wildman–Crippen LogP) is 4.16. The van der Waals surface area contributed by atoms with Crippen LogP contribution in [0.4, 0.5) is 17.2 Å². The molecule has 8 heteroatoms. The van der Waals surface area contributed by atoms with Crippen molar-refractivity contribution in [2.45, 2.75) is 13.0 Å². The zero-order valence-electron chi connectivity index (χ0n) is 18.9. The van der Waals surface area contributed by atoms with Gasteiger partial charge >= 0.3 is 5.97 Å². The van der Waals surface area contributed by atoms with E-state index in [2.05, 4.69) is 26.9 Å². The summed E-state index contributed by atoms with van der Waals surface area (Å²) in [5.41, 5.74) is 4.40. The van der Waals surface area contributed by atoms with Crippen LogP contribution in [0.5, 0.6) is 0 Å². The Labute approximate surface area is 197 Å². The Morgan fingerprint density at radius 2 is 2.15 bits per heavy atom. The Morgan fingerprint density at radius 1 is 1.24 bits per heavy atom. The van der Waals surface area contributed by atoms with Crippen molar-refractivity contribution in [2.75, 3.05) is 42.7 Å². The van der Waals surface area contributed by atoms with Crippen molar-refractivity contribution in [3.8, 4) is 11.4 Å². The molecule has 2 aromatic heterocycles. The molecule has 0 aliphatic carbocycles. The minimum Gasteiger partial charge on any atom is -0.462 e. The number of aromatic nitrogens is 3. The zero-order chi connectivity index (χ0) is 23.1. The summed E-state index contributed by atoms with van der Waals surface area (Å²) in [4.78, 5) is 30.0. The van der Waals surface area contributed by atoms with Crippen LogP contribution in [0.2, 0.25) is 0 Å². The van der Waals surface area contributed by atoms with Gasteiger partial charge in [0.1, 0.15) is 5.69 Å². The number of carbonyl (C=O) groups is 1. The molecule has 0 spiro atoms. The molecule has 2 aliphatic rings. The second kappa shape index (κ2) is 8.46. The molecule has 1 fully saturated rings. The first-order valence-corrected chi connectivity index (χ1v) is 11.6. The summed E-state index contributed by atoms with van der Waals surface area (Å²) in [6.45, 7) is 4.94. The number of anilines is 3. The fourth-order valence-corrected chi connectivity index (χ4v) is 4.83. The molecule has 4 aromatic rings. The maximum atomic E-state index is 12.3. The lowest BCUT2D eigenvalue weighted by Crippen LogP contribution is -2.54. The van der Waals surface area contributed by atoms with E-state index in [9.17, 15) is 4.79 Å². The second-order valence-electron chi connectivity index (χ2n) is 8.45. The first kappa shape index (κ1) is 20.7.